The molecule has 0 unspecified atom stereocenters. The zero-order valence-corrected chi connectivity index (χ0v) is 36.2. The van der Waals surface area contributed by atoms with Crippen LogP contribution in [0.3, 0.4) is 0 Å². The molecule has 0 saturated heterocycles. The Bertz CT molecular complexity index is 3190. The highest BCUT2D eigenvalue weighted by Crippen LogP contribution is 2.44. The predicted molar refractivity (Wildman–Crippen MR) is 255 cm³/mol. The fraction of sp³-hybridized carbons (Fsp3) is 0.0833. The van der Waals surface area contributed by atoms with E-state index in [-0.39, 0.29) is 24.8 Å². The molecule has 2 aromatic heterocycles. The van der Waals surface area contributed by atoms with Crippen LogP contribution in [0, 0.1) is 0 Å². The Hall–Kier alpha value is -7.00. The second-order valence-electron chi connectivity index (χ2n) is 15.2. The number of nitrogens with two attached hydrogens (primary N) is 2. The molecule has 15 heteroatoms. The minimum Gasteiger partial charge on any atom is -0.480 e. The molecular weight excluding hydrogens is 848 g/mol. The molecule has 310 valence electrons. The van der Waals surface area contributed by atoms with Gasteiger partial charge in [0.2, 0.25) is 0 Å². The number of nitrogens with zero attached hydrogens (tertiary/aromatic N) is 8. The largest absolute Gasteiger partial charge is 0.738 e. The Balaban J connectivity index is 0.00000236. The normalized spacial score (nSPS) is 14.6. The van der Waals surface area contributed by atoms with Gasteiger partial charge >= 0.3 is 8.88 Å². The number of benzene rings is 6. The second-order valence-corrected chi connectivity index (χ2v) is 17.6. The molecule has 0 aliphatic carbocycles. The van der Waals surface area contributed by atoms with E-state index in [0.717, 1.165) is 67.8 Å². The summed E-state index contributed by atoms with van der Waals surface area (Å²) in [7, 11) is -4.49. The van der Waals surface area contributed by atoms with Gasteiger partial charge in [-0.1, -0.05) is 121 Å². The first kappa shape index (κ1) is 40.1. The summed E-state index contributed by atoms with van der Waals surface area (Å²) in [4.78, 5) is 32.4. The van der Waals surface area contributed by atoms with Crippen LogP contribution in [-0.4, -0.2) is 53.8 Å². The number of aliphatic imine (C=N–C) groups is 4. The van der Waals surface area contributed by atoms with E-state index in [1.165, 1.54) is 0 Å². The van der Waals surface area contributed by atoms with Gasteiger partial charge in [0.1, 0.15) is 34.1 Å². The lowest BCUT2D eigenvalue weighted by molar-refractivity contribution is 0.345. The van der Waals surface area contributed by atoms with Crippen molar-refractivity contribution in [2.24, 2.45) is 41.4 Å². The van der Waals surface area contributed by atoms with Gasteiger partial charge in [0.05, 0.1) is 0 Å². The highest BCUT2D eigenvalue weighted by Gasteiger charge is 2.57. The van der Waals surface area contributed by atoms with Gasteiger partial charge in [0.15, 0.2) is 23.3 Å². The molecule has 6 bridgehead atoms. The molecule has 4 aliphatic rings. The summed E-state index contributed by atoms with van der Waals surface area (Å²) in [5.41, 5.74) is 18.8. The van der Waals surface area contributed by atoms with Gasteiger partial charge in [0, 0.05) is 43.8 Å². The lowest BCUT2D eigenvalue weighted by Gasteiger charge is -2.33. The van der Waals surface area contributed by atoms with E-state index >= 15 is 0 Å². The van der Waals surface area contributed by atoms with Gasteiger partial charge in [0.25, 0.3) is 0 Å². The Kier molecular flexibility index (Phi) is 10.0. The summed E-state index contributed by atoms with van der Waals surface area (Å²) in [6.45, 7) is 1.05. The first-order chi connectivity index (χ1) is 30.1. The van der Waals surface area contributed by atoms with Gasteiger partial charge in [-0.3, -0.25) is 8.47 Å². The summed E-state index contributed by atoms with van der Waals surface area (Å²) >= 11 is 0. The molecule has 4 aliphatic heterocycles. The summed E-state index contributed by atoms with van der Waals surface area (Å²) in [6, 6.07) is 48.5. The van der Waals surface area contributed by atoms with Gasteiger partial charge in [-0.05, 0) is 61.3 Å². The van der Waals surface area contributed by atoms with Gasteiger partial charge in [-0.2, -0.15) is 0 Å². The van der Waals surface area contributed by atoms with Crippen molar-refractivity contribution < 1.29 is 8.85 Å². The summed E-state index contributed by atoms with van der Waals surface area (Å²) in [5, 5.41) is 3.33. The molecule has 0 amide bonds. The molecule has 0 atom stereocenters. The van der Waals surface area contributed by atoms with Crippen LogP contribution in [0.25, 0.3) is 21.5 Å². The van der Waals surface area contributed by atoms with Crippen LogP contribution < -0.4 is 31.3 Å². The van der Waals surface area contributed by atoms with Crippen molar-refractivity contribution >= 4 is 90.2 Å². The van der Waals surface area contributed by atoms with Crippen molar-refractivity contribution in [2.45, 2.75) is 12.8 Å². The summed E-state index contributed by atoms with van der Waals surface area (Å²) in [6.07, 6.45) is 1.45. The predicted octanol–water partition coefficient (Wildman–Crippen LogP) is 7.38. The summed E-state index contributed by atoms with van der Waals surface area (Å²) in [5.74, 6) is 4.33. The molecule has 6 aromatic carbocycles. The van der Waals surface area contributed by atoms with Crippen molar-refractivity contribution in [3.05, 3.63) is 190 Å². The molecule has 8 aromatic rings. The molecular formula is C48H38Cl2N10O2Si. The number of hydrogen-bond donors (Lipinski definition) is 2. The third-order valence-corrected chi connectivity index (χ3v) is 14.5. The van der Waals surface area contributed by atoms with E-state index in [2.05, 4.69) is 32.7 Å². The molecule has 4 N–H and O–H groups in total. The molecule has 0 spiro atoms. The van der Waals surface area contributed by atoms with Crippen LogP contribution in [-0.2, 0) is 12.8 Å². The van der Waals surface area contributed by atoms with E-state index in [1.807, 2.05) is 121 Å². The van der Waals surface area contributed by atoms with Crippen molar-refractivity contribution in [1.82, 2.24) is 8.47 Å². The first-order valence-corrected chi connectivity index (χ1v) is 22.0. The lowest BCUT2D eigenvalue weighted by Crippen LogP contribution is -2.68. The van der Waals surface area contributed by atoms with Crippen LogP contribution in [0.1, 0.15) is 33.4 Å². The highest BCUT2D eigenvalue weighted by atomic mass is 35.5. The van der Waals surface area contributed by atoms with Crippen molar-refractivity contribution in [3.8, 4) is 11.5 Å². The number of hydrogen-bond acceptors (Lipinski definition) is 10. The number of amidine groups is 4. The van der Waals surface area contributed by atoms with Crippen LogP contribution in [0.5, 0.6) is 11.5 Å². The minimum atomic E-state index is -4.49. The SMILES string of the molecule is Cl.Cl.NCCc1ccc(O[Si]2(Oc3ccc(CCN)cc3)n3c4c5ccccc5c3N=C3N=C(N=c5c6ccccc6c(n52)=NC2=NC(=N4)c4ccccc42)c2ccccc23)cc1. The monoisotopic (exact) mass is 884 g/mol. The quantitative estimate of drug-likeness (QED) is 0.153. The number of aromatic nitrogens is 2. The van der Waals surface area contributed by atoms with Gasteiger partial charge in [-0.15, -0.1) is 24.8 Å². The maximum atomic E-state index is 7.74. The van der Waals surface area contributed by atoms with Crippen molar-refractivity contribution in [2.75, 3.05) is 13.1 Å². The maximum Gasteiger partial charge on any atom is 0.738 e. The lowest BCUT2D eigenvalue weighted by atomic mass is 10.1. The van der Waals surface area contributed by atoms with Gasteiger partial charge < -0.3 is 20.3 Å². The molecule has 6 heterocycles. The van der Waals surface area contributed by atoms with Crippen LogP contribution in [0.2, 0.25) is 0 Å². The number of halogens is 2. The number of rotatable bonds is 8. The van der Waals surface area contributed by atoms with E-state index in [9.17, 15) is 0 Å². The maximum absolute atomic E-state index is 7.74. The molecule has 0 radical (unpaired) electrons. The van der Waals surface area contributed by atoms with Crippen LogP contribution in [0.15, 0.2) is 176 Å². The third-order valence-electron chi connectivity index (χ3n) is 11.5. The Morgan fingerprint density at radius 1 is 0.397 bits per heavy atom. The molecule has 12 rings (SSSR count). The smallest absolute Gasteiger partial charge is 0.480 e. The second kappa shape index (κ2) is 15.7. The average Bonchev–Trinajstić information content (AvgIpc) is 4.01. The molecule has 63 heavy (non-hydrogen) atoms. The zero-order valence-electron chi connectivity index (χ0n) is 33.6. The van der Waals surface area contributed by atoms with Crippen molar-refractivity contribution in [3.63, 3.8) is 0 Å². The molecule has 12 nitrogen and oxygen atoms in total. The fourth-order valence-electron chi connectivity index (χ4n) is 8.73. The number of fused-ring (bicyclic) bond motifs is 14. The summed E-state index contributed by atoms with van der Waals surface area (Å²) < 4.78 is 19.6. The molecule has 0 fully saturated rings. The topological polar surface area (TPSA) is 155 Å². The fourth-order valence-corrected chi connectivity index (χ4v) is 12.0. The Labute approximate surface area is 374 Å². The highest BCUT2D eigenvalue weighted by molar-refractivity contribution is 6.67. The standard InChI is InChI=1S/C48H36N10O2Si.2ClH/c49-27-25-29-17-21-31(22-18-29)59-61(60-32-23-19-30(20-24-32)26-28-50)57-45-37-13-5-6-14-38(37)47(57)55-43-35-11-3-4-12-36(35)44(52-43)56-48-40-16-8-7-15-39(40)46(58(48)61)54-42-34-10-2-1-9-33(34)41(51-42)53-45;;/h1-24H,25-28,49-50H2;2*1H. The minimum absolute atomic E-state index is 0. The average molecular weight is 886 g/mol. The third kappa shape index (κ3) is 6.27. The zero-order chi connectivity index (χ0) is 40.7. The Morgan fingerprint density at radius 3 is 1.13 bits per heavy atom. The van der Waals surface area contributed by atoms with Crippen LogP contribution in [0.4, 0.5) is 11.6 Å². The van der Waals surface area contributed by atoms with E-state index in [4.69, 9.17) is 50.3 Å². The van der Waals surface area contributed by atoms with Crippen molar-refractivity contribution in [1.29, 1.82) is 0 Å². The molecule has 0 saturated carbocycles. The van der Waals surface area contributed by atoms with E-state index in [0.29, 0.717) is 70.5 Å². The van der Waals surface area contributed by atoms with E-state index in [1.54, 1.807) is 0 Å². The van der Waals surface area contributed by atoms with Gasteiger partial charge in [-0.25, -0.2) is 30.0 Å². The van der Waals surface area contributed by atoms with E-state index < -0.39 is 8.88 Å². The first-order valence-electron chi connectivity index (χ1n) is 20.3. The van der Waals surface area contributed by atoms with Crippen LogP contribution >= 0.6 is 24.8 Å². The Morgan fingerprint density at radius 2 is 0.746 bits per heavy atom.